The number of rotatable bonds is 7. The van der Waals surface area contributed by atoms with Crippen LogP contribution in [0.4, 0.5) is 0 Å². The smallest absolute Gasteiger partial charge is 0.234 e. The van der Waals surface area contributed by atoms with Crippen LogP contribution in [0.15, 0.2) is 40.9 Å². The van der Waals surface area contributed by atoms with E-state index in [2.05, 4.69) is 15.6 Å². The van der Waals surface area contributed by atoms with Gasteiger partial charge >= 0.3 is 0 Å². The lowest BCUT2D eigenvalue weighted by Gasteiger charge is -2.11. The summed E-state index contributed by atoms with van der Waals surface area (Å²) < 4.78 is 5.74. The zero-order valence-electron chi connectivity index (χ0n) is 12.7. The van der Waals surface area contributed by atoms with Gasteiger partial charge in [0, 0.05) is 5.56 Å². The van der Waals surface area contributed by atoms with Gasteiger partial charge in [-0.2, -0.15) is 0 Å². The first-order valence-corrected chi connectivity index (χ1v) is 7.73. The average molecular weight is 299 g/mol. The third-order valence-electron chi connectivity index (χ3n) is 3.75. The van der Waals surface area contributed by atoms with Crippen molar-refractivity contribution in [2.75, 3.05) is 13.1 Å². The fourth-order valence-electron chi connectivity index (χ4n) is 2.29. The van der Waals surface area contributed by atoms with Gasteiger partial charge in [-0.25, -0.2) is 4.98 Å². The Kier molecular flexibility index (Phi) is 4.53. The fraction of sp³-hybridized carbons (Fsp3) is 0.412. The minimum Gasteiger partial charge on any atom is -0.438 e. The number of amides is 1. The van der Waals surface area contributed by atoms with Crippen molar-refractivity contribution in [3.8, 4) is 11.3 Å². The topological polar surface area (TPSA) is 67.2 Å². The normalized spacial score (nSPS) is 15.5. The van der Waals surface area contributed by atoms with E-state index in [-0.39, 0.29) is 11.9 Å². The second kappa shape index (κ2) is 6.75. The van der Waals surface area contributed by atoms with Crippen LogP contribution in [-0.2, 0) is 4.79 Å². The predicted molar refractivity (Wildman–Crippen MR) is 84.1 cm³/mol. The summed E-state index contributed by atoms with van der Waals surface area (Å²) in [6.07, 6.45) is 4.26. The van der Waals surface area contributed by atoms with E-state index >= 15 is 0 Å². The fourth-order valence-corrected chi connectivity index (χ4v) is 2.29. The largest absolute Gasteiger partial charge is 0.438 e. The Balaban J connectivity index is 1.52. The molecule has 1 aromatic carbocycles. The minimum atomic E-state index is -0.243. The van der Waals surface area contributed by atoms with E-state index in [0.29, 0.717) is 18.2 Å². The number of carbonyl (C=O) groups excluding carboxylic acids is 1. The van der Waals surface area contributed by atoms with E-state index in [4.69, 9.17) is 4.42 Å². The highest BCUT2D eigenvalue weighted by atomic mass is 16.4. The van der Waals surface area contributed by atoms with Crippen molar-refractivity contribution in [2.45, 2.75) is 25.8 Å². The van der Waals surface area contributed by atoms with Gasteiger partial charge in [0.05, 0.1) is 12.7 Å². The molecule has 0 saturated heterocycles. The van der Waals surface area contributed by atoms with Crippen LogP contribution >= 0.6 is 0 Å². The lowest BCUT2D eigenvalue weighted by atomic mass is 10.2. The van der Waals surface area contributed by atoms with Crippen LogP contribution in [-0.4, -0.2) is 24.0 Å². The van der Waals surface area contributed by atoms with Crippen LogP contribution in [0.1, 0.15) is 31.7 Å². The zero-order valence-corrected chi connectivity index (χ0v) is 12.7. The van der Waals surface area contributed by atoms with E-state index in [0.717, 1.165) is 18.0 Å². The Labute approximate surface area is 130 Å². The molecule has 1 unspecified atom stereocenters. The van der Waals surface area contributed by atoms with Crippen molar-refractivity contribution in [1.29, 1.82) is 0 Å². The summed E-state index contributed by atoms with van der Waals surface area (Å²) in [5, 5.41) is 6.07. The predicted octanol–water partition coefficient (Wildman–Crippen LogP) is 2.52. The summed E-state index contributed by atoms with van der Waals surface area (Å²) in [5.74, 6) is 1.97. The maximum atomic E-state index is 11.9. The van der Waals surface area contributed by atoms with Crippen molar-refractivity contribution in [3.05, 3.63) is 42.4 Å². The van der Waals surface area contributed by atoms with Crippen molar-refractivity contribution in [3.63, 3.8) is 0 Å². The summed E-state index contributed by atoms with van der Waals surface area (Å²) in [6, 6.07) is 9.55. The minimum absolute atomic E-state index is 0.0346. The lowest BCUT2D eigenvalue weighted by Crippen LogP contribution is -2.36. The van der Waals surface area contributed by atoms with Crippen LogP contribution in [0.5, 0.6) is 0 Å². The van der Waals surface area contributed by atoms with Crippen LogP contribution in [0.2, 0.25) is 0 Å². The first-order chi connectivity index (χ1) is 10.7. The number of aromatic nitrogens is 1. The maximum Gasteiger partial charge on any atom is 0.234 e. The van der Waals surface area contributed by atoms with E-state index in [1.807, 2.05) is 37.3 Å². The third kappa shape index (κ3) is 3.95. The molecule has 2 N–H and O–H groups in total. The summed E-state index contributed by atoms with van der Waals surface area (Å²) in [4.78, 5) is 16.1. The monoisotopic (exact) mass is 299 g/mol. The van der Waals surface area contributed by atoms with Gasteiger partial charge in [0.25, 0.3) is 0 Å². The van der Waals surface area contributed by atoms with E-state index in [1.54, 1.807) is 6.20 Å². The van der Waals surface area contributed by atoms with Gasteiger partial charge in [0.15, 0.2) is 5.76 Å². The van der Waals surface area contributed by atoms with Gasteiger partial charge in [-0.15, -0.1) is 0 Å². The molecular weight excluding hydrogens is 278 g/mol. The van der Waals surface area contributed by atoms with Gasteiger partial charge in [0.1, 0.15) is 6.04 Å². The van der Waals surface area contributed by atoms with Gasteiger partial charge < -0.3 is 15.1 Å². The molecule has 0 aliphatic heterocycles. The summed E-state index contributed by atoms with van der Waals surface area (Å²) in [5.41, 5.74) is 0.978. The van der Waals surface area contributed by atoms with Gasteiger partial charge in [0.2, 0.25) is 11.8 Å². The third-order valence-corrected chi connectivity index (χ3v) is 3.75. The van der Waals surface area contributed by atoms with E-state index < -0.39 is 0 Å². The number of nitrogens with zero attached hydrogens (tertiary/aromatic N) is 1. The molecule has 1 aromatic heterocycles. The molecule has 0 spiro atoms. The van der Waals surface area contributed by atoms with Crippen molar-refractivity contribution in [2.24, 2.45) is 5.92 Å². The number of nitrogens with one attached hydrogen (secondary N) is 2. The molecule has 1 amide bonds. The molecule has 1 heterocycles. The SMILES string of the molecule is CC(NC(=O)CNCC1CC1)c1ncc(-c2ccccc2)o1. The first kappa shape index (κ1) is 14.8. The highest BCUT2D eigenvalue weighted by Gasteiger charge is 2.21. The molecule has 1 aliphatic rings. The Bertz CT molecular complexity index is 620. The highest BCUT2D eigenvalue weighted by Crippen LogP contribution is 2.27. The number of oxazole rings is 1. The van der Waals surface area contributed by atoms with E-state index in [9.17, 15) is 4.79 Å². The molecule has 2 aromatic rings. The summed E-state index contributed by atoms with van der Waals surface area (Å²) >= 11 is 0. The molecule has 0 bridgehead atoms. The maximum absolute atomic E-state index is 11.9. The van der Waals surface area contributed by atoms with E-state index in [1.165, 1.54) is 12.8 Å². The molecule has 1 aliphatic carbocycles. The Morgan fingerprint density at radius 2 is 2.14 bits per heavy atom. The molecule has 1 fully saturated rings. The second-order valence-corrected chi connectivity index (χ2v) is 5.79. The molecule has 1 atom stereocenters. The van der Waals surface area contributed by atoms with Gasteiger partial charge in [-0.05, 0) is 32.2 Å². The number of hydrogen-bond donors (Lipinski definition) is 2. The van der Waals surface area contributed by atoms with Gasteiger partial charge in [-0.3, -0.25) is 4.79 Å². The van der Waals surface area contributed by atoms with Crippen molar-refractivity contribution >= 4 is 5.91 Å². The number of benzene rings is 1. The number of carbonyl (C=O) groups is 1. The quantitative estimate of drug-likeness (QED) is 0.824. The Hall–Kier alpha value is -2.14. The van der Waals surface area contributed by atoms with Crippen LogP contribution in [0.3, 0.4) is 0 Å². The van der Waals surface area contributed by atoms with Crippen molar-refractivity contribution < 1.29 is 9.21 Å². The van der Waals surface area contributed by atoms with Crippen molar-refractivity contribution in [1.82, 2.24) is 15.6 Å². The molecule has 5 heteroatoms. The van der Waals surface area contributed by atoms with Crippen LogP contribution in [0.25, 0.3) is 11.3 Å². The highest BCUT2D eigenvalue weighted by molar-refractivity contribution is 5.78. The second-order valence-electron chi connectivity index (χ2n) is 5.79. The standard InChI is InChI=1S/C17H21N3O2/c1-12(20-16(21)11-18-9-13-7-8-13)17-19-10-15(22-17)14-5-3-2-4-6-14/h2-6,10,12-13,18H,7-9,11H2,1H3,(H,20,21). The van der Waals surface area contributed by atoms with Crippen LogP contribution < -0.4 is 10.6 Å². The Morgan fingerprint density at radius 3 is 2.86 bits per heavy atom. The molecule has 0 radical (unpaired) electrons. The molecule has 1 saturated carbocycles. The molecule has 3 rings (SSSR count). The molecular formula is C17H21N3O2. The molecule has 116 valence electrons. The number of hydrogen-bond acceptors (Lipinski definition) is 4. The summed E-state index contributed by atoms with van der Waals surface area (Å²) in [7, 11) is 0. The average Bonchev–Trinajstić information content (AvgIpc) is 3.21. The van der Waals surface area contributed by atoms with Gasteiger partial charge in [-0.1, -0.05) is 30.3 Å². The molecule has 22 heavy (non-hydrogen) atoms. The zero-order chi connectivity index (χ0) is 15.4. The van der Waals surface area contributed by atoms with Crippen LogP contribution in [0, 0.1) is 5.92 Å². The lowest BCUT2D eigenvalue weighted by molar-refractivity contribution is -0.121. The first-order valence-electron chi connectivity index (χ1n) is 7.73. The Morgan fingerprint density at radius 1 is 1.36 bits per heavy atom. The summed E-state index contributed by atoms with van der Waals surface area (Å²) in [6.45, 7) is 3.14. The molecule has 5 nitrogen and oxygen atoms in total.